The van der Waals surface area contributed by atoms with E-state index in [2.05, 4.69) is 40.8 Å². The minimum atomic E-state index is -1.22. The fourth-order valence-corrected chi connectivity index (χ4v) is 5.88. The van der Waals surface area contributed by atoms with Gasteiger partial charge in [-0.1, -0.05) is 30.2 Å². The van der Waals surface area contributed by atoms with Crippen LogP contribution in [0.3, 0.4) is 0 Å². The monoisotopic (exact) mass is 637 g/mol. The molecule has 3 aliphatic rings. The van der Waals surface area contributed by atoms with Gasteiger partial charge in [-0.05, 0) is 85.4 Å². The summed E-state index contributed by atoms with van der Waals surface area (Å²) in [5.41, 5.74) is 4.32. The predicted molar refractivity (Wildman–Crippen MR) is 182 cm³/mol. The number of carbonyl (C=O) groups excluding carboxylic acids is 1. The maximum atomic E-state index is 11.7. The number of amides is 1. The standard InChI is InChI=1S/C20H18ClN3O.C11H20N2O2.C2H2.CH4S/c1-20(25,19-11-22-12-24(19)2)17-8-14-4-3-7-23-18(14)9-13-5-6-15(21)10-16(13)17;14-11(13-8-6-12-7-9-13)15-10-4-2-1-3-5-10;2*1-2/h3-8,10-12,25H,9H2,1-2H3;10,12H,1-9H2;1-2H;2H,1H3/t20-;;;/m1.../s1. The highest BCUT2D eigenvalue weighted by atomic mass is 35.5. The first-order chi connectivity index (χ1) is 21.3. The van der Waals surface area contributed by atoms with Gasteiger partial charge in [0.2, 0.25) is 0 Å². The molecule has 2 fully saturated rings. The van der Waals surface area contributed by atoms with Crippen molar-refractivity contribution in [3.05, 3.63) is 82.2 Å². The molecular weight excluding hydrogens is 594 g/mol. The molecule has 1 aromatic carbocycles. The number of benzene rings is 1. The molecule has 2 aromatic heterocycles. The van der Waals surface area contributed by atoms with Crippen LogP contribution in [-0.2, 0) is 23.8 Å². The van der Waals surface area contributed by atoms with Gasteiger partial charge in [-0.2, -0.15) is 12.6 Å². The number of aliphatic hydroxyl groups is 1. The molecule has 1 saturated carbocycles. The molecule has 6 rings (SSSR count). The van der Waals surface area contributed by atoms with Gasteiger partial charge < -0.3 is 24.6 Å². The summed E-state index contributed by atoms with van der Waals surface area (Å²) in [6, 6.07) is 9.74. The quantitative estimate of drug-likeness (QED) is 0.242. The molecule has 10 heteroatoms. The number of fused-ring (bicyclic) bond motifs is 2. The predicted octanol–water partition coefficient (Wildman–Crippen LogP) is 5.98. The molecule has 8 nitrogen and oxygen atoms in total. The van der Waals surface area contributed by atoms with Crippen molar-refractivity contribution in [3.63, 3.8) is 0 Å². The third-order valence-electron chi connectivity index (χ3n) is 7.98. The van der Waals surface area contributed by atoms with E-state index < -0.39 is 5.60 Å². The second-order valence-corrected chi connectivity index (χ2v) is 11.4. The number of aryl methyl sites for hydroxylation is 1. The molecule has 44 heavy (non-hydrogen) atoms. The zero-order valence-corrected chi connectivity index (χ0v) is 27.5. The maximum absolute atomic E-state index is 11.7. The normalized spacial score (nSPS) is 17.2. The average Bonchev–Trinajstić information content (AvgIpc) is 3.43. The third-order valence-corrected chi connectivity index (χ3v) is 8.22. The summed E-state index contributed by atoms with van der Waals surface area (Å²) >= 11 is 9.80. The molecule has 1 saturated heterocycles. The number of terminal acetylenes is 1. The maximum Gasteiger partial charge on any atom is 0.410 e. The van der Waals surface area contributed by atoms with Gasteiger partial charge in [0.05, 0.1) is 23.9 Å². The van der Waals surface area contributed by atoms with E-state index in [1.165, 1.54) is 19.3 Å². The lowest BCUT2D eigenvalue weighted by Crippen LogP contribution is -2.47. The Hall–Kier alpha value is -3.29. The van der Waals surface area contributed by atoms with Crippen molar-refractivity contribution in [2.75, 3.05) is 32.4 Å². The van der Waals surface area contributed by atoms with Gasteiger partial charge in [0.25, 0.3) is 0 Å². The number of aromatic nitrogens is 3. The topological polar surface area (TPSA) is 92.5 Å². The summed E-state index contributed by atoms with van der Waals surface area (Å²) in [6.07, 6.45) is 23.5. The number of thiol groups is 1. The van der Waals surface area contributed by atoms with E-state index in [4.69, 9.17) is 16.3 Å². The summed E-state index contributed by atoms with van der Waals surface area (Å²) in [5.74, 6) is 0. The van der Waals surface area contributed by atoms with Crippen molar-refractivity contribution in [1.82, 2.24) is 24.8 Å². The van der Waals surface area contributed by atoms with Crippen LogP contribution in [0.1, 0.15) is 67.1 Å². The molecule has 1 atom stereocenters. The van der Waals surface area contributed by atoms with Crippen LogP contribution in [0.25, 0.3) is 11.6 Å². The third kappa shape index (κ3) is 8.89. The second-order valence-electron chi connectivity index (χ2n) is 10.9. The Morgan fingerprint density at radius 2 is 1.86 bits per heavy atom. The SMILES string of the molecule is C#C.CS.Cn1cncc1[C@](C)(O)C1=Cc2cccnc2Cc2ccc(Cl)cc21.O=C(OC1CCCCC1)N1CCNCC1. The van der Waals surface area contributed by atoms with Crippen LogP contribution in [0.2, 0.25) is 5.02 Å². The fourth-order valence-electron chi connectivity index (χ4n) is 5.71. The highest BCUT2D eigenvalue weighted by molar-refractivity contribution is 7.79. The van der Waals surface area contributed by atoms with Gasteiger partial charge in [-0.25, -0.2) is 9.78 Å². The first kappa shape index (κ1) is 35.2. The summed E-state index contributed by atoms with van der Waals surface area (Å²) in [5, 5.41) is 15.3. The fraction of sp³-hybridized carbons (Fsp3) is 0.441. The average molecular weight is 638 g/mol. The van der Waals surface area contributed by atoms with Crippen LogP contribution < -0.4 is 5.32 Å². The van der Waals surface area contributed by atoms with E-state index in [0.717, 1.165) is 72.7 Å². The molecule has 0 spiro atoms. The smallest absolute Gasteiger partial charge is 0.410 e. The lowest BCUT2D eigenvalue weighted by molar-refractivity contribution is 0.0433. The van der Waals surface area contributed by atoms with Gasteiger partial charge >= 0.3 is 6.09 Å². The molecule has 2 aliphatic carbocycles. The van der Waals surface area contributed by atoms with E-state index in [-0.39, 0.29) is 12.2 Å². The molecule has 1 amide bonds. The van der Waals surface area contributed by atoms with E-state index >= 15 is 0 Å². The van der Waals surface area contributed by atoms with E-state index in [0.29, 0.717) is 11.4 Å². The van der Waals surface area contributed by atoms with E-state index in [9.17, 15) is 9.90 Å². The number of piperazine rings is 1. The Bertz CT molecular complexity index is 1410. The summed E-state index contributed by atoms with van der Waals surface area (Å²) < 4.78 is 7.32. The molecule has 236 valence electrons. The van der Waals surface area contributed by atoms with Gasteiger partial charge in [-0.15, -0.1) is 12.8 Å². The van der Waals surface area contributed by atoms with Crippen LogP contribution in [-0.4, -0.2) is 69.2 Å². The van der Waals surface area contributed by atoms with Crippen molar-refractivity contribution >= 4 is 42.0 Å². The highest BCUT2D eigenvalue weighted by Gasteiger charge is 2.34. The van der Waals surface area contributed by atoms with Gasteiger partial charge in [0.15, 0.2) is 0 Å². The number of imidazole rings is 1. The van der Waals surface area contributed by atoms with Crippen molar-refractivity contribution in [2.45, 2.75) is 57.2 Å². The number of pyridine rings is 1. The van der Waals surface area contributed by atoms with Gasteiger partial charge in [-0.3, -0.25) is 4.98 Å². The number of carbonyl (C=O) groups is 1. The zero-order valence-electron chi connectivity index (χ0n) is 25.9. The summed E-state index contributed by atoms with van der Waals surface area (Å²) in [6.45, 7) is 5.14. The molecule has 0 unspecified atom stereocenters. The highest BCUT2D eigenvalue weighted by Crippen LogP contribution is 2.41. The van der Waals surface area contributed by atoms with Crippen molar-refractivity contribution < 1.29 is 14.6 Å². The van der Waals surface area contributed by atoms with E-state index in [1.54, 1.807) is 31.9 Å². The zero-order chi connectivity index (χ0) is 32.1. The molecule has 1 aliphatic heterocycles. The lowest BCUT2D eigenvalue weighted by atomic mass is 9.84. The van der Waals surface area contributed by atoms with Crippen LogP contribution >= 0.6 is 24.2 Å². The summed E-state index contributed by atoms with van der Waals surface area (Å²) in [7, 11) is 1.88. The molecule has 0 bridgehead atoms. The molecular formula is C34H44ClN5O3S. The Balaban J connectivity index is 0.000000238. The number of nitrogens with zero attached hydrogens (tertiary/aromatic N) is 4. The number of hydrogen-bond acceptors (Lipinski definition) is 7. The minimum absolute atomic E-state index is 0.108. The largest absolute Gasteiger partial charge is 0.446 e. The number of rotatable bonds is 3. The Morgan fingerprint density at radius 1 is 1.16 bits per heavy atom. The van der Waals surface area contributed by atoms with Crippen molar-refractivity contribution in [2.24, 2.45) is 7.05 Å². The van der Waals surface area contributed by atoms with Crippen LogP contribution in [0.15, 0.2) is 49.1 Å². The van der Waals surface area contributed by atoms with Crippen LogP contribution in [0.4, 0.5) is 4.79 Å². The van der Waals surface area contributed by atoms with Crippen molar-refractivity contribution in [1.29, 1.82) is 0 Å². The van der Waals surface area contributed by atoms with E-state index in [1.807, 2.05) is 52.9 Å². The number of ether oxygens (including phenoxy) is 1. The number of halogens is 1. The summed E-state index contributed by atoms with van der Waals surface area (Å²) in [4.78, 5) is 22.2. The minimum Gasteiger partial charge on any atom is -0.446 e. The van der Waals surface area contributed by atoms with Crippen LogP contribution in [0.5, 0.6) is 0 Å². The number of hydrogen-bond donors (Lipinski definition) is 3. The first-order valence-corrected chi connectivity index (χ1v) is 16.2. The molecule has 0 radical (unpaired) electrons. The van der Waals surface area contributed by atoms with Gasteiger partial charge in [0, 0.05) is 50.9 Å². The lowest BCUT2D eigenvalue weighted by Gasteiger charge is -2.29. The molecule has 3 aromatic rings. The van der Waals surface area contributed by atoms with Crippen molar-refractivity contribution in [3.8, 4) is 12.8 Å². The molecule has 2 N–H and O–H groups in total. The van der Waals surface area contributed by atoms with Gasteiger partial charge in [0.1, 0.15) is 11.7 Å². The second kappa shape index (κ2) is 17.3. The molecule has 3 heterocycles. The van der Waals surface area contributed by atoms with Crippen LogP contribution in [0, 0.1) is 12.8 Å². The number of nitrogens with one attached hydrogen (secondary N) is 1. The first-order valence-electron chi connectivity index (χ1n) is 14.9. The Kier molecular flexibility index (Phi) is 13.8. The Labute approximate surface area is 272 Å². The Morgan fingerprint density at radius 3 is 2.52 bits per heavy atom.